The van der Waals surface area contributed by atoms with E-state index in [0.29, 0.717) is 49.6 Å². The summed E-state index contributed by atoms with van der Waals surface area (Å²) in [5.74, 6) is 0.746. The zero-order valence-corrected chi connectivity index (χ0v) is 19.1. The molecule has 2 N–H and O–H groups in total. The number of rotatable bonds is 8. The number of hydrogen-bond acceptors (Lipinski definition) is 5. The van der Waals surface area contributed by atoms with Crippen LogP contribution in [0.1, 0.15) is 48.6 Å². The largest absolute Gasteiger partial charge is 0.466 e. The highest BCUT2D eigenvalue weighted by Gasteiger charge is 2.29. The van der Waals surface area contributed by atoms with E-state index in [0.717, 1.165) is 6.54 Å². The van der Waals surface area contributed by atoms with Gasteiger partial charge in [-0.1, -0.05) is 13.8 Å². The summed E-state index contributed by atoms with van der Waals surface area (Å²) in [7, 11) is 4.05. The number of amides is 3. The molecular formula is C22H36N4O4. The Morgan fingerprint density at radius 1 is 1.17 bits per heavy atom. The number of hydrogen-bond donors (Lipinski definition) is 2. The van der Waals surface area contributed by atoms with E-state index >= 15 is 0 Å². The van der Waals surface area contributed by atoms with Crippen molar-refractivity contribution in [2.24, 2.45) is 11.3 Å². The van der Waals surface area contributed by atoms with Crippen LogP contribution in [0.3, 0.4) is 0 Å². The van der Waals surface area contributed by atoms with Gasteiger partial charge in [-0.15, -0.1) is 0 Å². The minimum atomic E-state index is -0.313. The van der Waals surface area contributed by atoms with Gasteiger partial charge in [-0.2, -0.15) is 0 Å². The van der Waals surface area contributed by atoms with Crippen LogP contribution in [0, 0.1) is 25.2 Å². The van der Waals surface area contributed by atoms with E-state index in [9.17, 15) is 14.4 Å². The van der Waals surface area contributed by atoms with Crippen molar-refractivity contribution in [2.45, 2.75) is 40.5 Å². The van der Waals surface area contributed by atoms with Crippen LogP contribution in [0.15, 0.2) is 10.5 Å². The summed E-state index contributed by atoms with van der Waals surface area (Å²) < 4.78 is 5.36. The monoisotopic (exact) mass is 420 g/mol. The Labute approximate surface area is 179 Å². The molecule has 0 saturated carbocycles. The lowest BCUT2D eigenvalue weighted by molar-refractivity contribution is -0.134. The van der Waals surface area contributed by atoms with Crippen LogP contribution in [-0.4, -0.2) is 74.3 Å². The van der Waals surface area contributed by atoms with Crippen molar-refractivity contribution >= 4 is 17.7 Å². The number of aryl methyl sites for hydroxylation is 2. The molecule has 0 spiro atoms. The predicted molar refractivity (Wildman–Crippen MR) is 115 cm³/mol. The van der Waals surface area contributed by atoms with Gasteiger partial charge in [0.05, 0.1) is 12.1 Å². The third-order valence-electron chi connectivity index (χ3n) is 5.39. The molecule has 0 radical (unpaired) electrons. The first-order chi connectivity index (χ1) is 14.0. The molecule has 1 aromatic heterocycles. The van der Waals surface area contributed by atoms with Gasteiger partial charge in [0.15, 0.2) is 0 Å². The Bertz CT molecular complexity index is 761. The highest BCUT2D eigenvalue weighted by atomic mass is 16.3. The van der Waals surface area contributed by atoms with E-state index in [1.165, 1.54) is 0 Å². The molecule has 1 aromatic rings. The molecule has 0 aliphatic carbocycles. The second-order valence-corrected chi connectivity index (χ2v) is 9.28. The van der Waals surface area contributed by atoms with Crippen LogP contribution in [0.4, 0.5) is 0 Å². The van der Waals surface area contributed by atoms with Gasteiger partial charge in [-0.3, -0.25) is 14.4 Å². The summed E-state index contributed by atoms with van der Waals surface area (Å²) in [6.45, 7) is 10.3. The molecule has 0 atom stereocenters. The van der Waals surface area contributed by atoms with Crippen LogP contribution >= 0.6 is 0 Å². The van der Waals surface area contributed by atoms with Gasteiger partial charge in [-0.25, -0.2) is 0 Å². The van der Waals surface area contributed by atoms with Crippen molar-refractivity contribution in [2.75, 3.05) is 46.8 Å². The normalized spacial score (nSPS) is 15.4. The summed E-state index contributed by atoms with van der Waals surface area (Å²) in [6.07, 6.45) is 1.28. The van der Waals surface area contributed by atoms with Gasteiger partial charge in [0.25, 0.3) is 5.91 Å². The van der Waals surface area contributed by atoms with E-state index in [1.807, 2.05) is 14.1 Å². The van der Waals surface area contributed by atoms with Crippen molar-refractivity contribution in [3.05, 3.63) is 23.2 Å². The van der Waals surface area contributed by atoms with E-state index < -0.39 is 0 Å². The molecule has 1 saturated heterocycles. The molecule has 1 aliphatic rings. The fourth-order valence-corrected chi connectivity index (χ4v) is 3.99. The number of likely N-dealkylation sites (tertiary alicyclic amines) is 1. The van der Waals surface area contributed by atoms with Crippen molar-refractivity contribution in [1.82, 2.24) is 20.4 Å². The zero-order valence-electron chi connectivity index (χ0n) is 19.1. The van der Waals surface area contributed by atoms with Gasteiger partial charge in [0.1, 0.15) is 11.5 Å². The van der Waals surface area contributed by atoms with Crippen molar-refractivity contribution in [3.8, 4) is 0 Å². The molecule has 2 heterocycles. The van der Waals surface area contributed by atoms with E-state index in [2.05, 4.69) is 29.4 Å². The maximum absolute atomic E-state index is 12.5. The summed E-state index contributed by atoms with van der Waals surface area (Å²) in [6, 6.07) is 1.67. The Morgan fingerprint density at radius 3 is 2.33 bits per heavy atom. The Balaban J connectivity index is 1.74. The fourth-order valence-electron chi connectivity index (χ4n) is 3.99. The lowest BCUT2D eigenvalue weighted by atomic mass is 9.91. The average molecular weight is 421 g/mol. The lowest BCUT2D eigenvalue weighted by Crippen LogP contribution is -2.47. The number of furan rings is 1. The first-order valence-electron chi connectivity index (χ1n) is 10.5. The van der Waals surface area contributed by atoms with Crippen LogP contribution in [0.2, 0.25) is 0 Å². The van der Waals surface area contributed by atoms with Gasteiger partial charge in [0, 0.05) is 32.1 Å². The molecule has 30 heavy (non-hydrogen) atoms. The van der Waals surface area contributed by atoms with Gasteiger partial charge in [-0.05, 0) is 52.3 Å². The maximum Gasteiger partial charge on any atom is 0.255 e. The topological polar surface area (TPSA) is 94.9 Å². The van der Waals surface area contributed by atoms with E-state index in [1.54, 1.807) is 24.8 Å². The molecule has 1 aliphatic heterocycles. The van der Waals surface area contributed by atoms with Crippen LogP contribution < -0.4 is 10.6 Å². The Kier molecular flexibility index (Phi) is 8.06. The molecule has 0 unspecified atom stereocenters. The second-order valence-electron chi connectivity index (χ2n) is 9.28. The lowest BCUT2D eigenvalue weighted by Gasteiger charge is -2.33. The SMILES string of the molecule is Cc1cc(C(=O)NCC(=O)N2CCC(C(=O)NCC(C)(C)CN(C)C)CC2)c(C)o1. The minimum absolute atomic E-state index is 0.0000835. The van der Waals surface area contributed by atoms with E-state index in [-0.39, 0.29) is 35.6 Å². The maximum atomic E-state index is 12.5. The summed E-state index contributed by atoms with van der Waals surface area (Å²) in [5.41, 5.74) is 0.452. The molecule has 8 nitrogen and oxygen atoms in total. The Morgan fingerprint density at radius 2 is 1.80 bits per heavy atom. The van der Waals surface area contributed by atoms with Crippen molar-refractivity contribution in [1.29, 1.82) is 0 Å². The Hall–Kier alpha value is -2.35. The van der Waals surface area contributed by atoms with Gasteiger partial charge in [0.2, 0.25) is 11.8 Å². The minimum Gasteiger partial charge on any atom is -0.466 e. The highest BCUT2D eigenvalue weighted by Crippen LogP contribution is 2.19. The molecular weight excluding hydrogens is 384 g/mol. The molecule has 0 bridgehead atoms. The molecule has 2 rings (SSSR count). The second kappa shape index (κ2) is 10.1. The van der Waals surface area contributed by atoms with Crippen LogP contribution in [0.25, 0.3) is 0 Å². The van der Waals surface area contributed by atoms with Crippen molar-refractivity contribution in [3.63, 3.8) is 0 Å². The number of nitrogens with one attached hydrogen (secondary N) is 2. The smallest absolute Gasteiger partial charge is 0.255 e. The van der Waals surface area contributed by atoms with Crippen molar-refractivity contribution < 1.29 is 18.8 Å². The zero-order chi connectivity index (χ0) is 22.5. The molecule has 0 aromatic carbocycles. The molecule has 8 heteroatoms. The number of nitrogens with zero attached hydrogens (tertiary/aromatic N) is 2. The van der Waals surface area contributed by atoms with Crippen LogP contribution in [-0.2, 0) is 9.59 Å². The highest BCUT2D eigenvalue weighted by molar-refractivity contribution is 5.97. The van der Waals surface area contributed by atoms with E-state index in [4.69, 9.17) is 4.42 Å². The van der Waals surface area contributed by atoms with Gasteiger partial charge < -0.3 is 24.9 Å². The molecule has 3 amide bonds. The summed E-state index contributed by atoms with van der Waals surface area (Å²) in [5, 5.41) is 5.74. The summed E-state index contributed by atoms with van der Waals surface area (Å²) in [4.78, 5) is 41.0. The average Bonchev–Trinajstić information content (AvgIpc) is 3.01. The van der Waals surface area contributed by atoms with Crippen LogP contribution in [0.5, 0.6) is 0 Å². The third-order valence-corrected chi connectivity index (χ3v) is 5.39. The first kappa shape index (κ1) is 23.9. The quantitative estimate of drug-likeness (QED) is 0.666. The predicted octanol–water partition coefficient (Wildman–Crippen LogP) is 1.57. The standard InChI is InChI=1S/C22H36N4O4/c1-15-11-18(16(2)30-15)21(29)23-12-19(27)26-9-7-17(8-10-26)20(28)24-13-22(3,4)14-25(5)6/h11,17H,7-10,12-14H2,1-6H3,(H,23,29)(H,24,28). The number of carbonyl (C=O) groups excluding carboxylic acids is 3. The molecule has 1 fully saturated rings. The number of carbonyl (C=O) groups is 3. The fraction of sp³-hybridized carbons (Fsp3) is 0.682. The van der Waals surface area contributed by atoms with Gasteiger partial charge >= 0.3 is 0 Å². The third kappa shape index (κ3) is 6.86. The molecule has 168 valence electrons. The summed E-state index contributed by atoms with van der Waals surface area (Å²) >= 11 is 0. The first-order valence-corrected chi connectivity index (χ1v) is 10.5. The number of piperidine rings is 1.